The van der Waals surface area contributed by atoms with Gasteiger partial charge in [0.25, 0.3) is 0 Å². The zero-order valence-electron chi connectivity index (χ0n) is 17.5. The lowest BCUT2D eigenvalue weighted by Gasteiger charge is -2.34. The van der Waals surface area contributed by atoms with Crippen molar-refractivity contribution in [3.63, 3.8) is 0 Å². The molecule has 1 heterocycles. The maximum absolute atomic E-state index is 13.6. The number of aryl methyl sites for hydroxylation is 1. The first kappa shape index (κ1) is 22.2. The number of likely N-dealkylation sites (tertiary alicyclic amines) is 1. The Hall–Kier alpha value is -2.11. The maximum Gasteiger partial charge on any atom is 0.410 e. The molecule has 1 aromatic rings. The highest BCUT2D eigenvalue weighted by molar-refractivity contribution is 5.75. The number of benzene rings is 1. The van der Waals surface area contributed by atoms with E-state index in [1.54, 1.807) is 21.9 Å². The monoisotopic (exact) mass is 392 g/mol. The minimum Gasteiger partial charge on any atom is -0.444 e. The molecule has 1 aliphatic heterocycles. The molecule has 1 saturated heterocycles. The lowest BCUT2D eigenvalue weighted by molar-refractivity contribution is -0.130. The number of piperidine rings is 1. The maximum atomic E-state index is 13.6. The fourth-order valence-electron chi connectivity index (χ4n) is 3.44. The van der Waals surface area contributed by atoms with Crippen LogP contribution in [-0.4, -0.2) is 54.1 Å². The van der Waals surface area contributed by atoms with Gasteiger partial charge < -0.3 is 14.5 Å². The molecule has 1 fully saturated rings. The molecule has 2 rings (SSSR count). The normalized spacial score (nSPS) is 15.4. The summed E-state index contributed by atoms with van der Waals surface area (Å²) < 4.78 is 19.0. The van der Waals surface area contributed by atoms with Crippen LogP contribution in [-0.2, 0) is 16.0 Å². The average Bonchev–Trinajstić information content (AvgIpc) is 2.62. The van der Waals surface area contributed by atoms with Crippen LogP contribution >= 0.6 is 0 Å². The highest BCUT2D eigenvalue weighted by Gasteiger charge is 2.27. The molecular formula is C22H33FN2O3. The molecule has 0 N–H and O–H groups in total. The van der Waals surface area contributed by atoms with Crippen LogP contribution in [0.5, 0.6) is 0 Å². The highest BCUT2D eigenvalue weighted by atomic mass is 19.1. The van der Waals surface area contributed by atoms with E-state index in [-0.39, 0.29) is 17.8 Å². The molecule has 6 heteroatoms. The Morgan fingerprint density at radius 3 is 2.46 bits per heavy atom. The van der Waals surface area contributed by atoms with E-state index in [4.69, 9.17) is 4.74 Å². The quantitative estimate of drug-likeness (QED) is 0.727. The van der Waals surface area contributed by atoms with E-state index in [0.717, 1.165) is 12.8 Å². The molecule has 0 bridgehead atoms. The third-order valence-electron chi connectivity index (χ3n) is 5.02. The van der Waals surface area contributed by atoms with Gasteiger partial charge in [-0.3, -0.25) is 4.79 Å². The Morgan fingerprint density at radius 1 is 1.21 bits per heavy atom. The second kappa shape index (κ2) is 9.89. The first-order valence-electron chi connectivity index (χ1n) is 10.1. The summed E-state index contributed by atoms with van der Waals surface area (Å²) in [4.78, 5) is 28.0. The second-order valence-electron chi connectivity index (χ2n) is 8.63. The summed E-state index contributed by atoms with van der Waals surface area (Å²) in [5.74, 6) is 0.269. The Balaban J connectivity index is 1.69. The van der Waals surface area contributed by atoms with Crippen LogP contribution in [0, 0.1) is 11.7 Å². The molecule has 0 spiro atoms. The van der Waals surface area contributed by atoms with Crippen molar-refractivity contribution in [1.29, 1.82) is 0 Å². The van der Waals surface area contributed by atoms with Crippen LogP contribution in [0.2, 0.25) is 0 Å². The van der Waals surface area contributed by atoms with Crippen molar-refractivity contribution in [3.05, 3.63) is 35.6 Å². The Bertz CT molecular complexity index is 664. The number of amides is 2. The Labute approximate surface area is 167 Å². The molecule has 2 amide bonds. The first-order chi connectivity index (χ1) is 13.2. The summed E-state index contributed by atoms with van der Waals surface area (Å²) in [5.41, 5.74) is 0.177. The van der Waals surface area contributed by atoms with E-state index in [0.29, 0.717) is 50.4 Å². The predicted octanol–water partition coefficient (Wildman–Crippen LogP) is 4.25. The minimum atomic E-state index is -0.483. The Morgan fingerprint density at radius 2 is 1.86 bits per heavy atom. The number of nitrogens with zero attached hydrogens (tertiary/aromatic N) is 2. The molecule has 0 aliphatic carbocycles. The van der Waals surface area contributed by atoms with Crippen LogP contribution in [0.1, 0.15) is 52.0 Å². The van der Waals surface area contributed by atoms with E-state index < -0.39 is 5.60 Å². The fraction of sp³-hybridized carbons (Fsp3) is 0.636. The van der Waals surface area contributed by atoms with E-state index in [1.165, 1.54) is 6.07 Å². The standard InChI is InChI=1S/C22H33FN2O3/c1-22(2,3)28-21(27)25-14-12-17(13-15-25)16-24(4)20(26)11-7-9-18-8-5-6-10-19(18)23/h5-6,8,10,17H,7,9,11-16H2,1-4H3. The van der Waals surface area contributed by atoms with E-state index in [2.05, 4.69) is 0 Å². The van der Waals surface area contributed by atoms with Crippen LogP contribution in [0.3, 0.4) is 0 Å². The van der Waals surface area contributed by atoms with E-state index in [1.807, 2.05) is 33.9 Å². The summed E-state index contributed by atoms with van der Waals surface area (Å²) >= 11 is 0. The lowest BCUT2D eigenvalue weighted by Crippen LogP contribution is -2.44. The van der Waals surface area contributed by atoms with Crippen molar-refractivity contribution in [1.82, 2.24) is 9.80 Å². The summed E-state index contributed by atoms with van der Waals surface area (Å²) in [7, 11) is 1.83. The molecule has 0 radical (unpaired) electrons. The molecule has 5 nitrogen and oxygen atoms in total. The van der Waals surface area contributed by atoms with Crippen molar-refractivity contribution in [2.45, 2.75) is 58.5 Å². The van der Waals surface area contributed by atoms with Crippen molar-refractivity contribution in [3.8, 4) is 0 Å². The van der Waals surface area contributed by atoms with Gasteiger partial charge in [-0.1, -0.05) is 18.2 Å². The second-order valence-corrected chi connectivity index (χ2v) is 8.63. The van der Waals surface area contributed by atoms with Gasteiger partial charge in [0.05, 0.1) is 0 Å². The molecule has 1 aromatic carbocycles. The summed E-state index contributed by atoms with van der Waals surface area (Å²) in [6.07, 6.45) is 3.10. The number of carbonyl (C=O) groups is 2. The number of carbonyl (C=O) groups excluding carboxylic acids is 2. The molecule has 1 aliphatic rings. The third-order valence-corrected chi connectivity index (χ3v) is 5.02. The van der Waals surface area contributed by atoms with Crippen molar-refractivity contribution in [2.75, 3.05) is 26.7 Å². The van der Waals surface area contributed by atoms with Gasteiger partial charge in [0.1, 0.15) is 11.4 Å². The van der Waals surface area contributed by atoms with E-state index >= 15 is 0 Å². The third kappa shape index (κ3) is 7.13. The SMILES string of the molecule is CN(CC1CCN(C(=O)OC(C)(C)C)CC1)C(=O)CCCc1ccccc1F. The van der Waals surface area contributed by atoms with Crippen molar-refractivity contribution in [2.24, 2.45) is 5.92 Å². The Kier molecular flexibility index (Phi) is 7.84. The summed E-state index contributed by atoms with van der Waals surface area (Å²) in [6, 6.07) is 6.71. The molecule has 0 saturated carbocycles. The molecular weight excluding hydrogens is 359 g/mol. The van der Waals surface area contributed by atoms with Gasteiger partial charge in [-0.15, -0.1) is 0 Å². The topological polar surface area (TPSA) is 49.9 Å². The minimum absolute atomic E-state index is 0.0888. The van der Waals surface area contributed by atoms with E-state index in [9.17, 15) is 14.0 Å². The molecule has 28 heavy (non-hydrogen) atoms. The average molecular weight is 393 g/mol. The zero-order chi connectivity index (χ0) is 20.7. The molecule has 156 valence electrons. The van der Waals surface area contributed by atoms with Gasteiger partial charge in [0, 0.05) is 33.1 Å². The van der Waals surface area contributed by atoms with Gasteiger partial charge in [0.2, 0.25) is 5.91 Å². The summed E-state index contributed by atoms with van der Waals surface area (Å²) in [5, 5.41) is 0. The van der Waals surface area contributed by atoms with Crippen molar-refractivity contribution < 1.29 is 18.7 Å². The predicted molar refractivity (Wildman–Crippen MR) is 108 cm³/mol. The summed E-state index contributed by atoms with van der Waals surface area (Å²) in [6.45, 7) is 7.61. The number of halogens is 1. The first-order valence-corrected chi connectivity index (χ1v) is 10.1. The number of hydrogen-bond donors (Lipinski definition) is 0. The van der Waals surface area contributed by atoms with Crippen LogP contribution in [0.15, 0.2) is 24.3 Å². The largest absolute Gasteiger partial charge is 0.444 e. The number of rotatable bonds is 6. The smallest absolute Gasteiger partial charge is 0.410 e. The van der Waals surface area contributed by atoms with Gasteiger partial charge in [-0.25, -0.2) is 9.18 Å². The van der Waals surface area contributed by atoms with Gasteiger partial charge in [-0.2, -0.15) is 0 Å². The molecule has 0 aromatic heterocycles. The van der Waals surface area contributed by atoms with Crippen LogP contribution in [0.25, 0.3) is 0 Å². The zero-order valence-corrected chi connectivity index (χ0v) is 17.5. The van der Waals surface area contributed by atoms with Crippen molar-refractivity contribution >= 4 is 12.0 Å². The van der Waals surface area contributed by atoms with Gasteiger partial charge in [-0.05, 0) is 64.0 Å². The lowest BCUT2D eigenvalue weighted by atomic mass is 9.96. The highest BCUT2D eigenvalue weighted by Crippen LogP contribution is 2.21. The fourth-order valence-corrected chi connectivity index (χ4v) is 3.44. The number of hydrogen-bond acceptors (Lipinski definition) is 3. The molecule has 0 atom stereocenters. The number of ether oxygens (including phenoxy) is 1. The van der Waals surface area contributed by atoms with Gasteiger partial charge >= 0.3 is 6.09 Å². The molecule has 0 unspecified atom stereocenters. The van der Waals surface area contributed by atoms with Crippen LogP contribution in [0.4, 0.5) is 9.18 Å². The van der Waals surface area contributed by atoms with Crippen LogP contribution < -0.4 is 0 Å². The van der Waals surface area contributed by atoms with Gasteiger partial charge in [0.15, 0.2) is 0 Å².